The molecule has 25 heavy (non-hydrogen) atoms. The van der Waals surface area contributed by atoms with Crippen molar-refractivity contribution in [3.05, 3.63) is 64.7 Å². The molecular weight excluding hydrogens is 312 g/mol. The van der Waals surface area contributed by atoms with Gasteiger partial charge in [0.2, 0.25) is 5.91 Å². The quantitative estimate of drug-likeness (QED) is 0.808. The van der Waals surface area contributed by atoms with Crippen LogP contribution < -0.4 is 15.4 Å². The van der Waals surface area contributed by atoms with E-state index in [1.54, 1.807) is 7.11 Å². The number of hydrogen-bond acceptors (Lipinski definition) is 3. The number of aryl methyl sites for hydroxylation is 2. The molecule has 0 aliphatic carbocycles. The number of carbonyl (C=O) groups excluding carboxylic acids is 1. The molecule has 4 heteroatoms. The fourth-order valence-corrected chi connectivity index (χ4v) is 2.78. The number of carbonyl (C=O) groups is 1. The topological polar surface area (TPSA) is 50.4 Å². The van der Waals surface area contributed by atoms with E-state index in [9.17, 15) is 4.79 Å². The minimum absolute atomic E-state index is 0.00924. The molecule has 0 unspecified atom stereocenters. The summed E-state index contributed by atoms with van der Waals surface area (Å²) in [5.74, 6) is 0.817. The van der Waals surface area contributed by atoms with Crippen molar-refractivity contribution in [2.75, 3.05) is 7.11 Å². The van der Waals surface area contributed by atoms with E-state index in [1.165, 1.54) is 11.1 Å². The Morgan fingerprint density at radius 1 is 1.04 bits per heavy atom. The Kier molecular flexibility index (Phi) is 6.59. The Balaban J connectivity index is 1.94. The van der Waals surface area contributed by atoms with Crippen LogP contribution in [-0.4, -0.2) is 19.1 Å². The highest BCUT2D eigenvalue weighted by atomic mass is 16.5. The van der Waals surface area contributed by atoms with Crippen molar-refractivity contribution >= 4 is 5.91 Å². The average Bonchev–Trinajstić information content (AvgIpc) is 2.60. The summed E-state index contributed by atoms with van der Waals surface area (Å²) >= 11 is 0. The van der Waals surface area contributed by atoms with Crippen LogP contribution in [0, 0.1) is 13.8 Å². The van der Waals surface area contributed by atoms with Gasteiger partial charge in [0.05, 0.1) is 13.2 Å². The van der Waals surface area contributed by atoms with Gasteiger partial charge >= 0.3 is 0 Å². The molecule has 134 valence electrons. The minimum atomic E-state index is -0.300. The second-order valence-electron chi connectivity index (χ2n) is 6.56. The van der Waals surface area contributed by atoms with E-state index in [4.69, 9.17) is 4.74 Å². The Morgan fingerprint density at radius 3 is 2.32 bits per heavy atom. The zero-order valence-corrected chi connectivity index (χ0v) is 15.7. The van der Waals surface area contributed by atoms with Gasteiger partial charge in [0.25, 0.3) is 0 Å². The summed E-state index contributed by atoms with van der Waals surface area (Å²) in [6.45, 7) is 8.56. The van der Waals surface area contributed by atoms with Crippen LogP contribution in [-0.2, 0) is 11.3 Å². The smallest absolute Gasteiger partial charge is 0.237 e. The first kappa shape index (κ1) is 19.0. The summed E-state index contributed by atoms with van der Waals surface area (Å²) in [5.41, 5.74) is 4.53. The first-order chi connectivity index (χ1) is 11.9. The maximum Gasteiger partial charge on any atom is 0.237 e. The number of hydrogen-bond donors (Lipinski definition) is 2. The molecule has 0 aliphatic heterocycles. The summed E-state index contributed by atoms with van der Waals surface area (Å²) in [5, 5.41) is 6.33. The van der Waals surface area contributed by atoms with Crippen LogP contribution in [0.2, 0.25) is 0 Å². The Morgan fingerprint density at radius 2 is 1.68 bits per heavy atom. The van der Waals surface area contributed by atoms with Gasteiger partial charge in [0.1, 0.15) is 5.75 Å². The van der Waals surface area contributed by atoms with Crippen molar-refractivity contribution in [2.45, 2.75) is 46.3 Å². The van der Waals surface area contributed by atoms with Crippen molar-refractivity contribution in [2.24, 2.45) is 0 Å². The average molecular weight is 340 g/mol. The third-order valence-electron chi connectivity index (χ3n) is 4.33. The van der Waals surface area contributed by atoms with E-state index < -0.39 is 0 Å². The lowest BCUT2D eigenvalue weighted by Crippen LogP contribution is -2.42. The van der Waals surface area contributed by atoms with Crippen LogP contribution in [0.3, 0.4) is 0 Å². The van der Waals surface area contributed by atoms with E-state index in [0.717, 1.165) is 16.9 Å². The Hall–Kier alpha value is -2.33. The summed E-state index contributed by atoms with van der Waals surface area (Å²) in [6.07, 6.45) is 0. The molecule has 2 aromatic carbocycles. The molecule has 0 bridgehead atoms. The second kappa shape index (κ2) is 8.67. The SMILES string of the molecule is COc1ccc(C)cc1[C@H](C)N[C@H](C)C(=O)NCc1ccc(C)cc1. The van der Waals surface area contributed by atoms with Crippen LogP contribution in [0.4, 0.5) is 0 Å². The van der Waals surface area contributed by atoms with E-state index >= 15 is 0 Å². The van der Waals surface area contributed by atoms with Crippen LogP contribution in [0.5, 0.6) is 5.75 Å². The fourth-order valence-electron chi connectivity index (χ4n) is 2.78. The maximum atomic E-state index is 12.4. The predicted octanol–water partition coefficient (Wildman–Crippen LogP) is 3.67. The summed E-state index contributed by atoms with van der Waals surface area (Å²) in [4.78, 5) is 12.4. The molecule has 0 fully saturated rings. The molecule has 0 saturated heterocycles. The van der Waals surface area contributed by atoms with Crippen LogP contribution in [0.25, 0.3) is 0 Å². The van der Waals surface area contributed by atoms with Gasteiger partial charge < -0.3 is 10.1 Å². The third kappa shape index (κ3) is 5.33. The van der Waals surface area contributed by atoms with E-state index in [-0.39, 0.29) is 18.0 Å². The minimum Gasteiger partial charge on any atom is -0.496 e. The van der Waals surface area contributed by atoms with Crippen LogP contribution >= 0.6 is 0 Å². The molecule has 2 rings (SSSR count). The van der Waals surface area contributed by atoms with Crippen molar-refractivity contribution < 1.29 is 9.53 Å². The number of nitrogens with one attached hydrogen (secondary N) is 2. The Bertz CT molecular complexity index is 710. The molecule has 0 heterocycles. The fraction of sp³-hybridized carbons (Fsp3) is 0.381. The number of methoxy groups -OCH3 is 1. The van der Waals surface area contributed by atoms with Gasteiger partial charge in [-0.2, -0.15) is 0 Å². The summed E-state index contributed by atoms with van der Waals surface area (Å²) in [7, 11) is 1.67. The van der Waals surface area contributed by atoms with Crippen molar-refractivity contribution in [1.82, 2.24) is 10.6 Å². The highest BCUT2D eigenvalue weighted by molar-refractivity contribution is 5.81. The van der Waals surface area contributed by atoms with Crippen molar-refractivity contribution in [1.29, 1.82) is 0 Å². The molecule has 0 aliphatic rings. The maximum absolute atomic E-state index is 12.4. The largest absolute Gasteiger partial charge is 0.496 e. The van der Waals surface area contributed by atoms with Gasteiger partial charge in [-0.1, -0.05) is 47.5 Å². The molecule has 4 nitrogen and oxygen atoms in total. The highest BCUT2D eigenvalue weighted by Crippen LogP contribution is 2.26. The second-order valence-corrected chi connectivity index (χ2v) is 6.56. The van der Waals surface area contributed by atoms with E-state index in [2.05, 4.69) is 35.8 Å². The molecule has 2 N–H and O–H groups in total. The van der Waals surface area contributed by atoms with Gasteiger partial charge in [-0.25, -0.2) is 0 Å². The van der Waals surface area contributed by atoms with Crippen molar-refractivity contribution in [3.63, 3.8) is 0 Å². The lowest BCUT2D eigenvalue weighted by molar-refractivity contribution is -0.123. The van der Waals surface area contributed by atoms with Gasteiger partial charge in [-0.05, 0) is 39.3 Å². The summed E-state index contributed by atoms with van der Waals surface area (Å²) in [6, 6.07) is 14.0. The van der Waals surface area contributed by atoms with Crippen LogP contribution in [0.1, 0.15) is 42.1 Å². The standard InChI is InChI=1S/C21H28N2O2/c1-14-6-9-18(10-7-14)13-22-21(24)17(4)23-16(3)19-12-15(2)8-11-20(19)25-5/h6-12,16-17,23H,13H2,1-5H3,(H,22,24)/t16-,17+/m0/s1. The van der Waals surface area contributed by atoms with E-state index in [1.807, 2.05) is 45.0 Å². The lowest BCUT2D eigenvalue weighted by Gasteiger charge is -2.22. The van der Waals surface area contributed by atoms with Gasteiger partial charge in [-0.3, -0.25) is 10.1 Å². The molecule has 2 aromatic rings. The zero-order valence-electron chi connectivity index (χ0n) is 15.7. The predicted molar refractivity (Wildman–Crippen MR) is 102 cm³/mol. The first-order valence-corrected chi connectivity index (χ1v) is 8.64. The zero-order chi connectivity index (χ0) is 18.4. The molecule has 0 aromatic heterocycles. The third-order valence-corrected chi connectivity index (χ3v) is 4.33. The molecule has 0 radical (unpaired) electrons. The lowest BCUT2D eigenvalue weighted by atomic mass is 10.0. The number of amides is 1. The van der Waals surface area contributed by atoms with Gasteiger partial charge in [0.15, 0.2) is 0 Å². The molecule has 0 saturated carbocycles. The van der Waals surface area contributed by atoms with Crippen LogP contribution in [0.15, 0.2) is 42.5 Å². The first-order valence-electron chi connectivity index (χ1n) is 8.64. The normalized spacial score (nSPS) is 13.2. The van der Waals surface area contributed by atoms with E-state index in [0.29, 0.717) is 6.54 Å². The number of benzene rings is 2. The number of rotatable bonds is 7. The Labute approximate surface area is 150 Å². The van der Waals surface area contributed by atoms with Gasteiger partial charge in [-0.15, -0.1) is 0 Å². The summed E-state index contributed by atoms with van der Waals surface area (Å²) < 4.78 is 5.44. The highest BCUT2D eigenvalue weighted by Gasteiger charge is 2.18. The molecule has 2 atom stereocenters. The molecule has 0 spiro atoms. The van der Waals surface area contributed by atoms with Gasteiger partial charge in [0, 0.05) is 18.2 Å². The molecular formula is C21H28N2O2. The van der Waals surface area contributed by atoms with Crippen molar-refractivity contribution in [3.8, 4) is 5.75 Å². The molecule has 1 amide bonds. The number of ether oxygens (including phenoxy) is 1. The monoisotopic (exact) mass is 340 g/mol.